The lowest BCUT2D eigenvalue weighted by molar-refractivity contribution is -0.870. The summed E-state index contributed by atoms with van der Waals surface area (Å²) in [6.07, 6.45) is 83.4. The van der Waals surface area contributed by atoms with E-state index in [0.717, 1.165) is 83.5 Å². The normalized spacial score (nSPS) is 13.8. The monoisotopic (exact) mass is 1210 g/mol. The SMILES string of the molecule is CCCCC/C=C\C/C=C\CCCCCCCCCCCCCCCCCCCC(=O)OC(/C=C\CCCCCCCCCCCCC)C(COP(=O)([O-])OCC[N+](C)(C)C)NC(=O)CCCCCCCCCCC/C=C\C/C=C\CCCCC. The van der Waals surface area contributed by atoms with E-state index < -0.39 is 20.0 Å². The maximum Gasteiger partial charge on any atom is 0.306 e. The fourth-order valence-corrected chi connectivity index (χ4v) is 11.5. The molecule has 9 nitrogen and oxygen atoms in total. The first-order valence-electron chi connectivity index (χ1n) is 36.6. The number of esters is 1. The van der Waals surface area contributed by atoms with Crippen molar-refractivity contribution in [3.05, 3.63) is 60.8 Å². The van der Waals surface area contributed by atoms with Crippen molar-refractivity contribution in [1.82, 2.24) is 5.32 Å². The molecule has 0 aliphatic heterocycles. The molecule has 0 aliphatic carbocycles. The fraction of sp³-hybridized carbons (Fsp3) is 0.840. The molecule has 1 amide bonds. The topological polar surface area (TPSA) is 114 Å². The number of carbonyl (C=O) groups excluding carboxylic acids is 2. The van der Waals surface area contributed by atoms with Gasteiger partial charge in [0, 0.05) is 12.8 Å². The smallest absolute Gasteiger partial charge is 0.306 e. The van der Waals surface area contributed by atoms with Crippen molar-refractivity contribution in [2.24, 2.45) is 0 Å². The van der Waals surface area contributed by atoms with Gasteiger partial charge in [-0.25, -0.2) is 0 Å². The van der Waals surface area contributed by atoms with Gasteiger partial charge in [-0.3, -0.25) is 14.2 Å². The molecule has 10 heteroatoms. The van der Waals surface area contributed by atoms with Crippen molar-refractivity contribution in [3.8, 4) is 0 Å². The molecule has 0 aromatic rings. The highest BCUT2D eigenvalue weighted by Crippen LogP contribution is 2.38. The minimum Gasteiger partial charge on any atom is -0.756 e. The molecule has 0 bridgehead atoms. The summed E-state index contributed by atoms with van der Waals surface area (Å²) >= 11 is 0. The summed E-state index contributed by atoms with van der Waals surface area (Å²) in [6.45, 7) is 6.84. The highest BCUT2D eigenvalue weighted by atomic mass is 31.2. The molecule has 3 atom stereocenters. The first-order chi connectivity index (χ1) is 41.4. The summed E-state index contributed by atoms with van der Waals surface area (Å²) in [5.41, 5.74) is 0. The zero-order chi connectivity index (χ0) is 62.1. The number of unbranched alkanes of at least 4 members (excludes halogenated alkanes) is 43. The highest BCUT2D eigenvalue weighted by molar-refractivity contribution is 7.45. The van der Waals surface area contributed by atoms with E-state index in [4.69, 9.17) is 13.8 Å². The highest BCUT2D eigenvalue weighted by Gasteiger charge is 2.27. The molecule has 0 rings (SSSR count). The second kappa shape index (κ2) is 64.7. The summed E-state index contributed by atoms with van der Waals surface area (Å²) < 4.78 is 30.5. The van der Waals surface area contributed by atoms with Crippen LogP contribution in [0.3, 0.4) is 0 Å². The summed E-state index contributed by atoms with van der Waals surface area (Å²) in [5, 5.41) is 3.05. The van der Waals surface area contributed by atoms with Crippen molar-refractivity contribution < 1.29 is 37.3 Å². The number of nitrogens with zero attached hydrogens (tertiary/aromatic N) is 1. The number of ether oxygens (including phenoxy) is 1. The third kappa shape index (κ3) is 66.0. The number of phosphoric ester groups is 1. The number of phosphoric acid groups is 1. The van der Waals surface area contributed by atoms with Crippen LogP contribution < -0.4 is 10.2 Å². The second-order valence-corrected chi connectivity index (χ2v) is 27.5. The standard InChI is InChI=1S/C75H141N2O7P/c1-7-10-13-16-19-22-25-28-30-32-34-35-36-37-38-39-40-41-43-45-47-50-53-56-59-62-65-68-75(79)84-73(66-63-60-57-54-51-48-27-24-21-18-15-12-9-3)72(71-83-85(80,81)82-70-69-77(4,5)6)76-74(78)67-64-61-58-55-52-49-46-44-42-33-31-29-26-23-20-17-14-11-8-2/h19-20,22-23,28-31,63,66,72-73H,7-18,21,24-27,32-62,64-65,67-71H2,1-6H3,(H-,76,78,80,81)/b22-19-,23-20-,30-28-,31-29-,66-63-. The van der Waals surface area contributed by atoms with Crippen molar-refractivity contribution in [3.63, 3.8) is 0 Å². The van der Waals surface area contributed by atoms with Crippen LogP contribution in [-0.4, -0.2) is 69.4 Å². The van der Waals surface area contributed by atoms with Gasteiger partial charge in [-0.1, -0.05) is 307 Å². The molecule has 0 fully saturated rings. The molecule has 0 saturated heterocycles. The number of hydrogen-bond donors (Lipinski definition) is 1. The first kappa shape index (κ1) is 82.7. The van der Waals surface area contributed by atoms with Gasteiger partial charge in [0.2, 0.25) is 5.91 Å². The minimum atomic E-state index is -4.71. The zero-order valence-electron chi connectivity index (χ0n) is 57.1. The molecular weight excluding hydrogens is 1070 g/mol. The van der Waals surface area contributed by atoms with E-state index in [9.17, 15) is 19.0 Å². The van der Waals surface area contributed by atoms with Crippen LogP contribution in [0, 0.1) is 0 Å². The van der Waals surface area contributed by atoms with Crippen LogP contribution in [0.25, 0.3) is 0 Å². The average molecular weight is 1210 g/mol. The maximum absolute atomic E-state index is 13.6. The predicted molar refractivity (Wildman–Crippen MR) is 367 cm³/mol. The number of hydrogen-bond acceptors (Lipinski definition) is 7. The third-order valence-electron chi connectivity index (χ3n) is 16.4. The van der Waals surface area contributed by atoms with E-state index in [1.165, 1.54) is 238 Å². The van der Waals surface area contributed by atoms with E-state index >= 15 is 0 Å². The van der Waals surface area contributed by atoms with E-state index in [2.05, 4.69) is 74.7 Å². The van der Waals surface area contributed by atoms with Crippen molar-refractivity contribution >= 4 is 19.7 Å². The van der Waals surface area contributed by atoms with E-state index in [1.807, 2.05) is 33.3 Å². The Bertz CT molecular complexity index is 1640. The summed E-state index contributed by atoms with van der Waals surface area (Å²) in [5.74, 6) is -0.531. The van der Waals surface area contributed by atoms with Gasteiger partial charge in [0.15, 0.2) is 0 Å². The Morgan fingerprint density at radius 3 is 1.08 bits per heavy atom. The number of rotatable bonds is 67. The molecule has 85 heavy (non-hydrogen) atoms. The van der Waals surface area contributed by atoms with Crippen LogP contribution in [0.5, 0.6) is 0 Å². The van der Waals surface area contributed by atoms with Gasteiger partial charge >= 0.3 is 5.97 Å². The van der Waals surface area contributed by atoms with Gasteiger partial charge in [0.05, 0.1) is 33.8 Å². The maximum atomic E-state index is 13.6. The van der Waals surface area contributed by atoms with Gasteiger partial charge in [0.1, 0.15) is 19.3 Å². The van der Waals surface area contributed by atoms with Crippen LogP contribution in [0.4, 0.5) is 0 Å². The number of amides is 1. The Kier molecular flexibility index (Phi) is 62.9. The number of likely N-dealkylation sites (N-methyl/N-ethyl adjacent to an activating group) is 1. The van der Waals surface area contributed by atoms with E-state index in [-0.39, 0.29) is 31.5 Å². The quantitative estimate of drug-likeness (QED) is 0.0212. The Labute approximate surface area is 528 Å². The van der Waals surface area contributed by atoms with Crippen LogP contribution in [0.2, 0.25) is 0 Å². The van der Waals surface area contributed by atoms with Gasteiger partial charge < -0.3 is 28.5 Å². The molecule has 0 aliphatic rings. The van der Waals surface area contributed by atoms with Gasteiger partial charge in [-0.2, -0.15) is 0 Å². The molecule has 0 saturated carbocycles. The van der Waals surface area contributed by atoms with Crippen LogP contribution in [0.1, 0.15) is 355 Å². The number of carbonyl (C=O) groups is 2. The lowest BCUT2D eigenvalue weighted by atomic mass is 10.0. The summed E-state index contributed by atoms with van der Waals surface area (Å²) in [6, 6.07) is -0.891. The summed E-state index contributed by atoms with van der Waals surface area (Å²) in [7, 11) is 1.19. The molecule has 0 aromatic carbocycles. The second-order valence-electron chi connectivity index (χ2n) is 26.1. The molecular formula is C75H141N2O7P. The third-order valence-corrected chi connectivity index (χ3v) is 17.4. The number of quaternary nitrogens is 1. The molecule has 1 N–H and O–H groups in total. The van der Waals surface area contributed by atoms with Crippen molar-refractivity contribution in [2.45, 2.75) is 367 Å². The molecule has 498 valence electrons. The van der Waals surface area contributed by atoms with Crippen LogP contribution in [-0.2, 0) is 27.9 Å². The summed E-state index contributed by atoms with van der Waals surface area (Å²) in [4.78, 5) is 40.2. The Morgan fingerprint density at radius 1 is 0.412 bits per heavy atom. The van der Waals surface area contributed by atoms with E-state index in [1.54, 1.807) is 0 Å². The first-order valence-corrected chi connectivity index (χ1v) is 38.1. The number of allylic oxidation sites excluding steroid dienone is 9. The lowest BCUT2D eigenvalue weighted by Gasteiger charge is -2.30. The molecule has 0 spiro atoms. The van der Waals surface area contributed by atoms with Gasteiger partial charge in [-0.15, -0.1) is 0 Å². The predicted octanol–water partition coefficient (Wildman–Crippen LogP) is 22.7. The van der Waals surface area contributed by atoms with Gasteiger partial charge in [-0.05, 0) is 96.0 Å². The van der Waals surface area contributed by atoms with Crippen molar-refractivity contribution in [2.75, 3.05) is 40.9 Å². The van der Waals surface area contributed by atoms with Crippen LogP contribution >= 0.6 is 7.82 Å². The zero-order valence-corrected chi connectivity index (χ0v) is 58.0. The molecule has 3 unspecified atom stereocenters. The average Bonchev–Trinajstić information content (AvgIpc) is 3.50. The minimum absolute atomic E-state index is 0.0225. The largest absolute Gasteiger partial charge is 0.756 e. The molecule has 0 radical (unpaired) electrons. The van der Waals surface area contributed by atoms with Crippen LogP contribution in [0.15, 0.2) is 60.8 Å². The Balaban J connectivity index is 5.02. The fourth-order valence-electron chi connectivity index (χ4n) is 10.8. The Morgan fingerprint density at radius 2 is 0.718 bits per heavy atom. The number of nitrogens with one attached hydrogen (secondary N) is 1. The Hall–Kier alpha value is -2.29. The molecule has 0 heterocycles. The van der Waals surface area contributed by atoms with Crippen molar-refractivity contribution in [1.29, 1.82) is 0 Å². The van der Waals surface area contributed by atoms with Gasteiger partial charge in [0.25, 0.3) is 7.82 Å². The molecule has 0 aromatic heterocycles. The lowest BCUT2D eigenvalue weighted by Crippen LogP contribution is -2.47. The van der Waals surface area contributed by atoms with E-state index in [0.29, 0.717) is 17.4 Å².